The van der Waals surface area contributed by atoms with Crippen molar-refractivity contribution >= 4 is 21.4 Å². The fourth-order valence-corrected chi connectivity index (χ4v) is 4.37. The van der Waals surface area contributed by atoms with Crippen molar-refractivity contribution < 1.29 is 13.2 Å². The molecule has 2 unspecified atom stereocenters. The summed E-state index contributed by atoms with van der Waals surface area (Å²) in [6.45, 7) is 6.73. The quantitative estimate of drug-likeness (QED) is 0.793. The second-order valence-electron chi connectivity index (χ2n) is 7.20. The van der Waals surface area contributed by atoms with Gasteiger partial charge < -0.3 is 9.64 Å². The molecule has 0 saturated carbocycles. The molecular weight excluding hydrogens is 374 g/mol. The van der Waals surface area contributed by atoms with Crippen LogP contribution in [-0.4, -0.2) is 27.3 Å². The second-order valence-corrected chi connectivity index (χ2v) is 8.95. The smallest absolute Gasteiger partial charge is 0.229 e. The van der Waals surface area contributed by atoms with E-state index in [4.69, 9.17) is 4.74 Å². The number of nitrogens with zero attached hydrogens (tertiary/aromatic N) is 2. The number of sulfonamides is 1. The Balaban J connectivity index is 2.03. The fraction of sp³-hybridized carbons (Fsp3) is 0.381. The highest BCUT2D eigenvalue weighted by atomic mass is 32.2. The van der Waals surface area contributed by atoms with Crippen molar-refractivity contribution in [1.82, 2.24) is 0 Å². The third-order valence-corrected chi connectivity index (χ3v) is 5.40. The predicted molar refractivity (Wildman–Crippen MR) is 111 cm³/mol. The van der Waals surface area contributed by atoms with E-state index in [1.54, 1.807) is 12.1 Å². The third kappa shape index (κ3) is 3.92. The van der Waals surface area contributed by atoms with Crippen LogP contribution in [0.2, 0.25) is 0 Å². The number of benzene rings is 2. The number of fused-ring (bicyclic) bond motifs is 1. The minimum atomic E-state index is -3.33. The van der Waals surface area contributed by atoms with Crippen LogP contribution in [0.1, 0.15) is 43.9 Å². The highest BCUT2D eigenvalue weighted by molar-refractivity contribution is 7.92. The molecule has 148 valence electrons. The van der Waals surface area contributed by atoms with Gasteiger partial charge >= 0.3 is 0 Å². The summed E-state index contributed by atoms with van der Waals surface area (Å²) in [6.07, 6.45) is 1.12. The minimum absolute atomic E-state index is 0.149. The number of nitrogens with one attached hydrogen (secondary N) is 1. The molecule has 7 heteroatoms. The maximum Gasteiger partial charge on any atom is 0.229 e. The summed E-state index contributed by atoms with van der Waals surface area (Å²) >= 11 is 0. The lowest BCUT2D eigenvalue weighted by atomic mass is 9.91. The van der Waals surface area contributed by atoms with E-state index >= 15 is 0 Å². The van der Waals surface area contributed by atoms with Crippen molar-refractivity contribution in [2.24, 2.45) is 0 Å². The molecule has 0 saturated heterocycles. The predicted octanol–water partition coefficient (Wildman–Crippen LogP) is 4.03. The largest absolute Gasteiger partial charge is 0.494 e. The zero-order chi connectivity index (χ0) is 20.5. The number of hydrogen-bond acceptors (Lipinski definition) is 5. The highest BCUT2D eigenvalue weighted by Crippen LogP contribution is 2.50. The number of rotatable bonds is 6. The van der Waals surface area contributed by atoms with Crippen molar-refractivity contribution in [2.45, 2.75) is 38.8 Å². The molecule has 0 aliphatic carbocycles. The van der Waals surface area contributed by atoms with Gasteiger partial charge in [-0.3, -0.25) is 4.72 Å². The molecule has 1 aliphatic rings. The molecule has 1 N–H and O–H groups in total. The van der Waals surface area contributed by atoms with E-state index < -0.39 is 10.0 Å². The van der Waals surface area contributed by atoms with Crippen LogP contribution in [0.3, 0.4) is 0 Å². The Morgan fingerprint density at radius 1 is 1.21 bits per heavy atom. The fourth-order valence-electron chi connectivity index (χ4n) is 3.80. The van der Waals surface area contributed by atoms with E-state index in [0.717, 1.165) is 28.8 Å². The molecule has 0 fully saturated rings. The maximum atomic E-state index is 11.4. The molecule has 2 aromatic carbocycles. The van der Waals surface area contributed by atoms with E-state index in [1.165, 1.54) is 0 Å². The molecule has 0 radical (unpaired) electrons. The highest BCUT2D eigenvalue weighted by Gasteiger charge is 2.41. The van der Waals surface area contributed by atoms with E-state index in [1.807, 2.05) is 37.3 Å². The van der Waals surface area contributed by atoms with Crippen LogP contribution in [0.5, 0.6) is 5.75 Å². The van der Waals surface area contributed by atoms with Gasteiger partial charge in [0.1, 0.15) is 5.75 Å². The van der Waals surface area contributed by atoms with Gasteiger partial charge in [-0.2, -0.15) is 5.26 Å². The molecule has 1 heterocycles. The Labute approximate surface area is 166 Å². The van der Waals surface area contributed by atoms with Crippen molar-refractivity contribution in [3.63, 3.8) is 0 Å². The summed E-state index contributed by atoms with van der Waals surface area (Å²) in [5.74, 6) is 0.471. The van der Waals surface area contributed by atoms with Crippen molar-refractivity contribution in [1.29, 1.82) is 5.26 Å². The van der Waals surface area contributed by atoms with E-state index in [0.29, 0.717) is 12.3 Å². The Morgan fingerprint density at radius 3 is 2.43 bits per heavy atom. The number of nitriles is 1. The Kier molecular flexibility index (Phi) is 5.52. The summed E-state index contributed by atoms with van der Waals surface area (Å²) in [5, 5.41) is 9.92. The molecule has 0 amide bonds. The van der Waals surface area contributed by atoms with Crippen LogP contribution in [0.15, 0.2) is 42.5 Å². The Hall–Kier alpha value is -2.72. The van der Waals surface area contributed by atoms with E-state index in [9.17, 15) is 13.7 Å². The van der Waals surface area contributed by atoms with Gasteiger partial charge in [0.2, 0.25) is 10.0 Å². The molecule has 2 aromatic rings. The van der Waals surface area contributed by atoms with Crippen molar-refractivity contribution in [2.75, 3.05) is 22.5 Å². The van der Waals surface area contributed by atoms with Gasteiger partial charge in [-0.25, -0.2) is 8.42 Å². The average molecular weight is 400 g/mol. The van der Waals surface area contributed by atoms with Gasteiger partial charge in [-0.15, -0.1) is 0 Å². The molecule has 0 aromatic heterocycles. The van der Waals surface area contributed by atoms with Gasteiger partial charge in [0.05, 0.1) is 30.9 Å². The Morgan fingerprint density at radius 2 is 1.89 bits per heavy atom. The number of ether oxygens (including phenoxy) is 1. The molecular formula is C21H25N3O3S. The normalized spacial score (nSPS) is 18.6. The zero-order valence-electron chi connectivity index (χ0n) is 16.5. The van der Waals surface area contributed by atoms with Crippen LogP contribution >= 0.6 is 0 Å². The summed E-state index contributed by atoms with van der Waals surface area (Å²) < 4.78 is 31.0. The lowest BCUT2D eigenvalue weighted by molar-refractivity contribution is 0.340. The standard InChI is InChI=1S/C21H25N3O3S/c1-5-27-17-10-11-18-19(13-22)21(24(14(2)3)20(18)12-17)15-6-8-16(9-7-15)23-28(4,25)26/h6-12,14,19,21,23H,5H2,1-4H3. The van der Waals surface area contributed by atoms with Crippen LogP contribution < -0.4 is 14.4 Å². The molecule has 6 nitrogen and oxygen atoms in total. The van der Waals surface area contributed by atoms with Gasteiger partial charge in [-0.1, -0.05) is 18.2 Å². The first kappa shape index (κ1) is 20.0. The molecule has 0 bridgehead atoms. The molecule has 1 aliphatic heterocycles. The van der Waals surface area contributed by atoms with Crippen LogP contribution in [0.4, 0.5) is 11.4 Å². The lowest BCUT2D eigenvalue weighted by Crippen LogP contribution is -2.33. The summed E-state index contributed by atoms with van der Waals surface area (Å²) in [5.41, 5.74) is 3.47. The van der Waals surface area contributed by atoms with Gasteiger partial charge in [-0.05, 0) is 50.1 Å². The topological polar surface area (TPSA) is 82.4 Å². The SMILES string of the molecule is CCOc1ccc2c(c1)N(C(C)C)C(c1ccc(NS(C)(=O)=O)cc1)C2C#N. The summed E-state index contributed by atoms with van der Waals surface area (Å²) in [7, 11) is -3.33. The molecule has 2 atom stereocenters. The minimum Gasteiger partial charge on any atom is -0.494 e. The molecule has 28 heavy (non-hydrogen) atoms. The maximum absolute atomic E-state index is 11.4. The first-order valence-electron chi connectivity index (χ1n) is 9.27. The van der Waals surface area contributed by atoms with Crippen LogP contribution in [0, 0.1) is 11.3 Å². The molecule has 0 spiro atoms. The lowest BCUT2D eigenvalue weighted by Gasteiger charge is -2.33. The molecule has 3 rings (SSSR count). The van der Waals surface area contributed by atoms with Crippen LogP contribution in [0.25, 0.3) is 0 Å². The average Bonchev–Trinajstić information content (AvgIpc) is 2.95. The first-order valence-corrected chi connectivity index (χ1v) is 11.2. The van der Waals surface area contributed by atoms with Gasteiger partial charge in [0.15, 0.2) is 0 Å². The van der Waals surface area contributed by atoms with Gasteiger partial charge in [0, 0.05) is 23.5 Å². The van der Waals surface area contributed by atoms with E-state index in [2.05, 4.69) is 29.5 Å². The Bertz CT molecular complexity index is 995. The summed E-state index contributed by atoms with van der Waals surface area (Å²) in [4.78, 5) is 2.24. The third-order valence-electron chi connectivity index (χ3n) is 4.79. The van der Waals surface area contributed by atoms with E-state index in [-0.39, 0.29) is 18.0 Å². The first-order chi connectivity index (χ1) is 13.2. The summed E-state index contributed by atoms with van der Waals surface area (Å²) in [6, 6.07) is 15.6. The van der Waals surface area contributed by atoms with Crippen molar-refractivity contribution in [3.8, 4) is 11.8 Å². The monoisotopic (exact) mass is 399 g/mol. The van der Waals surface area contributed by atoms with Gasteiger partial charge in [0.25, 0.3) is 0 Å². The van der Waals surface area contributed by atoms with Crippen molar-refractivity contribution in [3.05, 3.63) is 53.6 Å². The number of anilines is 2. The van der Waals surface area contributed by atoms with Crippen LogP contribution in [-0.2, 0) is 10.0 Å². The zero-order valence-corrected chi connectivity index (χ0v) is 17.3. The second kappa shape index (κ2) is 7.72. The number of hydrogen-bond donors (Lipinski definition) is 1.